The maximum atomic E-state index is 12.5. The van der Waals surface area contributed by atoms with Crippen molar-refractivity contribution in [2.75, 3.05) is 36.5 Å². The Labute approximate surface area is 136 Å². The van der Waals surface area contributed by atoms with Crippen molar-refractivity contribution in [3.8, 4) is 0 Å². The van der Waals surface area contributed by atoms with Crippen molar-refractivity contribution >= 4 is 17.3 Å². The van der Waals surface area contributed by atoms with E-state index in [2.05, 4.69) is 21.3 Å². The van der Waals surface area contributed by atoms with Crippen molar-refractivity contribution in [1.29, 1.82) is 0 Å². The van der Waals surface area contributed by atoms with Crippen molar-refractivity contribution in [3.63, 3.8) is 0 Å². The van der Waals surface area contributed by atoms with Crippen LogP contribution in [0.1, 0.15) is 21.6 Å². The molecule has 0 bridgehead atoms. The van der Waals surface area contributed by atoms with Crippen molar-refractivity contribution in [2.45, 2.75) is 13.8 Å². The molecule has 1 amide bonds. The fourth-order valence-corrected chi connectivity index (χ4v) is 2.80. The quantitative estimate of drug-likeness (QED) is 0.947. The molecule has 0 spiro atoms. The summed E-state index contributed by atoms with van der Waals surface area (Å²) in [5.74, 6) is -0.190. The van der Waals surface area contributed by atoms with E-state index < -0.39 is 0 Å². The smallest absolute Gasteiger partial charge is 0.274 e. The van der Waals surface area contributed by atoms with Crippen LogP contribution in [-0.4, -0.2) is 37.2 Å². The van der Waals surface area contributed by atoms with E-state index >= 15 is 0 Å². The summed E-state index contributed by atoms with van der Waals surface area (Å²) in [4.78, 5) is 18.9. The van der Waals surface area contributed by atoms with Crippen LogP contribution in [0, 0.1) is 13.8 Å². The van der Waals surface area contributed by atoms with E-state index in [1.165, 1.54) is 0 Å². The molecule has 5 nitrogen and oxygen atoms in total. The van der Waals surface area contributed by atoms with Crippen LogP contribution in [0.3, 0.4) is 0 Å². The number of anilines is 2. The van der Waals surface area contributed by atoms with E-state index in [0.29, 0.717) is 18.9 Å². The minimum atomic E-state index is -0.190. The number of ether oxygens (including phenoxy) is 1. The second-order valence-corrected chi connectivity index (χ2v) is 5.83. The number of morpholine rings is 1. The number of carbonyl (C=O) groups is 1. The molecule has 1 aliphatic rings. The molecule has 3 rings (SSSR count). The van der Waals surface area contributed by atoms with Gasteiger partial charge < -0.3 is 15.0 Å². The number of carbonyl (C=O) groups excluding carboxylic acids is 1. The van der Waals surface area contributed by atoms with E-state index in [0.717, 1.165) is 35.6 Å². The molecule has 0 aliphatic carbocycles. The summed E-state index contributed by atoms with van der Waals surface area (Å²) in [5, 5.41) is 2.93. The zero-order valence-corrected chi connectivity index (χ0v) is 13.5. The number of nitrogens with one attached hydrogen (secondary N) is 1. The first-order valence-electron chi connectivity index (χ1n) is 7.80. The highest BCUT2D eigenvalue weighted by Crippen LogP contribution is 2.18. The van der Waals surface area contributed by atoms with Gasteiger partial charge in [0.15, 0.2) is 0 Å². The third-order valence-corrected chi connectivity index (χ3v) is 3.83. The first-order valence-corrected chi connectivity index (χ1v) is 7.80. The third-order valence-electron chi connectivity index (χ3n) is 3.83. The Morgan fingerprint density at radius 2 is 1.83 bits per heavy atom. The molecule has 0 unspecified atom stereocenters. The van der Waals surface area contributed by atoms with E-state index in [1.807, 2.05) is 38.1 Å². The average molecular weight is 311 g/mol. The number of rotatable bonds is 3. The van der Waals surface area contributed by atoms with Gasteiger partial charge in [-0.15, -0.1) is 0 Å². The van der Waals surface area contributed by atoms with Crippen LogP contribution >= 0.6 is 0 Å². The Morgan fingerprint density at radius 1 is 1.13 bits per heavy atom. The molecule has 0 radical (unpaired) electrons. The van der Waals surface area contributed by atoms with Crippen LogP contribution in [-0.2, 0) is 4.74 Å². The Hall–Kier alpha value is -2.40. The van der Waals surface area contributed by atoms with E-state index in [-0.39, 0.29) is 5.91 Å². The second-order valence-electron chi connectivity index (χ2n) is 5.83. The molecule has 0 saturated carbocycles. The maximum Gasteiger partial charge on any atom is 0.274 e. The highest BCUT2D eigenvalue weighted by atomic mass is 16.5. The standard InChI is InChI=1S/C18H21N3O2/c1-13-9-14(2)11-15(10-13)20-18(22)17-12-16(3-4-19-17)21-5-7-23-8-6-21/h3-4,9-12H,5-8H2,1-2H3,(H,20,22). The molecule has 0 atom stereocenters. The SMILES string of the molecule is Cc1cc(C)cc(NC(=O)c2cc(N3CCOCC3)ccn2)c1. The Morgan fingerprint density at radius 3 is 2.52 bits per heavy atom. The molecular weight excluding hydrogens is 290 g/mol. The summed E-state index contributed by atoms with van der Waals surface area (Å²) in [6.45, 7) is 7.13. The van der Waals surface area contributed by atoms with Gasteiger partial charge >= 0.3 is 0 Å². The Balaban J connectivity index is 1.76. The number of aryl methyl sites for hydroxylation is 2. The Kier molecular flexibility index (Phi) is 4.57. The number of hydrogen-bond donors (Lipinski definition) is 1. The second kappa shape index (κ2) is 6.79. The third kappa shape index (κ3) is 3.87. The lowest BCUT2D eigenvalue weighted by Crippen LogP contribution is -2.36. The fourth-order valence-electron chi connectivity index (χ4n) is 2.80. The van der Waals surface area contributed by atoms with Crippen molar-refractivity contribution in [1.82, 2.24) is 4.98 Å². The molecule has 2 heterocycles. The van der Waals surface area contributed by atoms with Gasteiger partial charge in [-0.05, 0) is 49.2 Å². The highest BCUT2D eigenvalue weighted by Gasteiger charge is 2.14. The van der Waals surface area contributed by atoms with Gasteiger partial charge in [-0.25, -0.2) is 0 Å². The molecular formula is C18H21N3O2. The van der Waals surface area contributed by atoms with Gasteiger partial charge in [-0.3, -0.25) is 9.78 Å². The topological polar surface area (TPSA) is 54.5 Å². The van der Waals surface area contributed by atoms with Gasteiger partial charge in [0.1, 0.15) is 5.69 Å². The van der Waals surface area contributed by atoms with E-state index in [4.69, 9.17) is 4.74 Å². The molecule has 1 saturated heterocycles. The number of aromatic nitrogens is 1. The first-order chi connectivity index (χ1) is 11.1. The van der Waals surface area contributed by atoms with Crippen molar-refractivity contribution < 1.29 is 9.53 Å². The van der Waals surface area contributed by atoms with Crippen LogP contribution < -0.4 is 10.2 Å². The minimum Gasteiger partial charge on any atom is -0.378 e. The summed E-state index contributed by atoms with van der Waals surface area (Å²) in [5.41, 5.74) is 4.47. The summed E-state index contributed by atoms with van der Waals surface area (Å²) < 4.78 is 5.36. The number of benzene rings is 1. The molecule has 120 valence electrons. The van der Waals surface area contributed by atoms with Crippen LogP contribution in [0.15, 0.2) is 36.5 Å². The summed E-state index contributed by atoms with van der Waals surface area (Å²) in [6, 6.07) is 9.75. The Bertz CT molecular complexity index is 689. The fraction of sp³-hybridized carbons (Fsp3) is 0.333. The predicted molar refractivity (Wildman–Crippen MR) is 91.1 cm³/mol. The maximum absolute atomic E-state index is 12.5. The molecule has 1 aromatic heterocycles. The highest BCUT2D eigenvalue weighted by molar-refractivity contribution is 6.03. The van der Waals surface area contributed by atoms with Gasteiger partial charge in [0.25, 0.3) is 5.91 Å². The summed E-state index contributed by atoms with van der Waals surface area (Å²) in [6.07, 6.45) is 1.68. The number of nitrogens with zero attached hydrogens (tertiary/aromatic N) is 2. The number of amides is 1. The lowest BCUT2D eigenvalue weighted by molar-refractivity contribution is 0.102. The predicted octanol–water partition coefficient (Wildman–Crippen LogP) is 2.79. The van der Waals surface area contributed by atoms with Gasteiger partial charge in [0, 0.05) is 30.7 Å². The largest absolute Gasteiger partial charge is 0.378 e. The van der Waals surface area contributed by atoms with Gasteiger partial charge in [-0.2, -0.15) is 0 Å². The van der Waals surface area contributed by atoms with Crippen LogP contribution in [0.2, 0.25) is 0 Å². The van der Waals surface area contributed by atoms with E-state index in [9.17, 15) is 4.79 Å². The first kappa shape index (κ1) is 15.5. The summed E-state index contributed by atoms with van der Waals surface area (Å²) >= 11 is 0. The van der Waals surface area contributed by atoms with E-state index in [1.54, 1.807) is 6.20 Å². The molecule has 23 heavy (non-hydrogen) atoms. The zero-order valence-electron chi connectivity index (χ0n) is 13.5. The van der Waals surface area contributed by atoms with Gasteiger partial charge in [-0.1, -0.05) is 6.07 Å². The van der Waals surface area contributed by atoms with Crippen LogP contribution in [0.25, 0.3) is 0 Å². The van der Waals surface area contributed by atoms with Gasteiger partial charge in [0.05, 0.1) is 13.2 Å². The molecule has 2 aromatic rings. The zero-order chi connectivity index (χ0) is 16.2. The van der Waals surface area contributed by atoms with Crippen LogP contribution in [0.4, 0.5) is 11.4 Å². The van der Waals surface area contributed by atoms with Crippen molar-refractivity contribution in [3.05, 3.63) is 53.3 Å². The van der Waals surface area contributed by atoms with Crippen molar-refractivity contribution in [2.24, 2.45) is 0 Å². The lowest BCUT2D eigenvalue weighted by Gasteiger charge is -2.28. The molecule has 1 aliphatic heterocycles. The number of hydrogen-bond acceptors (Lipinski definition) is 4. The monoisotopic (exact) mass is 311 g/mol. The molecule has 5 heteroatoms. The summed E-state index contributed by atoms with van der Waals surface area (Å²) in [7, 11) is 0. The molecule has 1 fully saturated rings. The number of pyridine rings is 1. The average Bonchev–Trinajstić information content (AvgIpc) is 2.55. The molecule has 1 N–H and O–H groups in total. The van der Waals surface area contributed by atoms with Gasteiger partial charge in [0.2, 0.25) is 0 Å². The van der Waals surface area contributed by atoms with Crippen LogP contribution in [0.5, 0.6) is 0 Å². The normalized spacial score (nSPS) is 14.6. The minimum absolute atomic E-state index is 0.190. The lowest BCUT2D eigenvalue weighted by atomic mass is 10.1. The molecule has 1 aromatic carbocycles.